The summed E-state index contributed by atoms with van der Waals surface area (Å²) < 4.78 is 13.9. The predicted octanol–water partition coefficient (Wildman–Crippen LogP) is 3.26. The maximum atomic E-state index is 13.9. The van der Waals surface area contributed by atoms with Gasteiger partial charge in [-0.25, -0.2) is 9.37 Å². The second kappa shape index (κ2) is 4.55. The standard InChI is InChI=1S/C13H15FN2S/c1-7-4-8(2)12(10(14)5-7)13(15)11-6-17-9(3)16-11/h4-6,13H,15H2,1-3H3. The molecule has 0 aliphatic carbocycles. The Morgan fingerprint density at radius 1 is 1.29 bits per heavy atom. The first kappa shape index (κ1) is 12.2. The van der Waals surface area contributed by atoms with E-state index in [1.54, 1.807) is 0 Å². The van der Waals surface area contributed by atoms with Crippen molar-refractivity contribution in [2.45, 2.75) is 26.8 Å². The Morgan fingerprint density at radius 2 is 2.00 bits per heavy atom. The molecule has 1 aromatic carbocycles. The maximum Gasteiger partial charge on any atom is 0.128 e. The molecule has 0 spiro atoms. The van der Waals surface area contributed by atoms with Gasteiger partial charge in [-0.1, -0.05) is 6.07 Å². The van der Waals surface area contributed by atoms with Gasteiger partial charge in [-0.3, -0.25) is 0 Å². The molecule has 1 heterocycles. The summed E-state index contributed by atoms with van der Waals surface area (Å²) in [6, 6.07) is 2.97. The number of halogens is 1. The highest BCUT2D eigenvalue weighted by atomic mass is 32.1. The van der Waals surface area contributed by atoms with E-state index in [2.05, 4.69) is 4.98 Å². The Kier molecular flexibility index (Phi) is 3.26. The third-order valence-corrected chi connectivity index (χ3v) is 3.54. The van der Waals surface area contributed by atoms with E-state index in [9.17, 15) is 4.39 Å². The van der Waals surface area contributed by atoms with E-state index in [1.165, 1.54) is 17.4 Å². The fourth-order valence-corrected chi connectivity index (χ4v) is 2.64. The lowest BCUT2D eigenvalue weighted by molar-refractivity contribution is 0.594. The fourth-order valence-electron chi connectivity index (χ4n) is 1.99. The summed E-state index contributed by atoms with van der Waals surface area (Å²) in [6.45, 7) is 5.67. The Balaban J connectivity index is 2.47. The van der Waals surface area contributed by atoms with Crippen molar-refractivity contribution in [2.24, 2.45) is 5.73 Å². The molecule has 1 atom stereocenters. The largest absolute Gasteiger partial charge is 0.319 e. The molecule has 4 heteroatoms. The zero-order valence-electron chi connectivity index (χ0n) is 10.1. The molecule has 0 radical (unpaired) electrons. The number of aromatic nitrogens is 1. The lowest BCUT2D eigenvalue weighted by atomic mass is 9.97. The lowest BCUT2D eigenvalue weighted by Crippen LogP contribution is -2.16. The number of aryl methyl sites for hydroxylation is 3. The first-order valence-corrected chi connectivity index (χ1v) is 6.31. The number of hydrogen-bond donors (Lipinski definition) is 1. The molecule has 0 aliphatic rings. The van der Waals surface area contributed by atoms with Gasteiger partial charge in [0.1, 0.15) is 5.82 Å². The van der Waals surface area contributed by atoms with Crippen LogP contribution in [0.3, 0.4) is 0 Å². The molecule has 2 N–H and O–H groups in total. The molecule has 0 bridgehead atoms. The number of hydrogen-bond acceptors (Lipinski definition) is 3. The fraction of sp³-hybridized carbons (Fsp3) is 0.308. The van der Waals surface area contributed by atoms with Crippen molar-refractivity contribution >= 4 is 11.3 Å². The number of rotatable bonds is 2. The number of nitrogens with zero attached hydrogens (tertiary/aromatic N) is 1. The van der Waals surface area contributed by atoms with E-state index < -0.39 is 6.04 Å². The van der Waals surface area contributed by atoms with Gasteiger partial charge in [-0.05, 0) is 38.0 Å². The van der Waals surface area contributed by atoms with E-state index in [0.717, 1.165) is 21.8 Å². The van der Waals surface area contributed by atoms with Crippen LogP contribution in [0.1, 0.15) is 33.4 Å². The van der Waals surface area contributed by atoms with Crippen molar-refractivity contribution < 1.29 is 4.39 Å². The van der Waals surface area contributed by atoms with E-state index >= 15 is 0 Å². The smallest absolute Gasteiger partial charge is 0.128 e. The van der Waals surface area contributed by atoms with Gasteiger partial charge in [0.25, 0.3) is 0 Å². The summed E-state index contributed by atoms with van der Waals surface area (Å²) >= 11 is 1.53. The van der Waals surface area contributed by atoms with Gasteiger partial charge >= 0.3 is 0 Å². The van der Waals surface area contributed by atoms with E-state index in [-0.39, 0.29) is 5.82 Å². The summed E-state index contributed by atoms with van der Waals surface area (Å²) in [6.07, 6.45) is 0. The highest BCUT2D eigenvalue weighted by molar-refractivity contribution is 7.09. The van der Waals surface area contributed by atoms with Crippen LogP contribution in [0, 0.1) is 26.6 Å². The molecule has 0 aliphatic heterocycles. The van der Waals surface area contributed by atoms with Crippen LogP contribution in [-0.4, -0.2) is 4.98 Å². The van der Waals surface area contributed by atoms with Gasteiger partial charge in [-0.2, -0.15) is 0 Å². The molecule has 2 rings (SSSR count). The molecule has 17 heavy (non-hydrogen) atoms. The van der Waals surface area contributed by atoms with Gasteiger partial charge < -0.3 is 5.73 Å². The van der Waals surface area contributed by atoms with Crippen LogP contribution in [-0.2, 0) is 0 Å². The van der Waals surface area contributed by atoms with Crippen LogP contribution in [0.25, 0.3) is 0 Å². The highest BCUT2D eigenvalue weighted by Crippen LogP contribution is 2.27. The van der Waals surface area contributed by atoms with E-state index in [4.69, 9.17) is 5.73 Å². The summed E-state index contributed by atoms with van der Waals surface area (Å²) in [4.78, 5) is 4.32. The van der Waals surface area contributed by atoms with Crippen LogP contribution >= 0.6 is 11.3 Å². The summed E-state index contributed by atoms with van der Waals surface area (Å²) in [5.74, 6) is -0.249. The first-order chi connectivity index (χ1) is 7.99. The molecule has 2 aromatic rings. The second-order valence-corrected chi connectivity index (χ2v) is 5.31. The minimum absolute atomic E-state index is 0.249. The van der Waals surface area contributed by atoms with E-state index in [1.807, 2.05) is 32.2 Å². The van der Waals surface area contributed by atoms with Crippen molar-refractivity contribution in [3.05, 3.63) is 50.7 Å². The topological polar surface area (TPSA) is 38.9 Å². The predicted molar refractivity (Wildman–Crippen MR) is 68.8 cm³/mol. The first-order valence-electron chi connectivity index (χ1n) is 5.43. The van der Waals surface area contributed by atoms with E-state index in [0.29, 0.717) is 5.56 Å². The van der Waals surface area contributed by atoms with Crippen LogP contribution in [0.5, 0.6) is 0 Å². The Morgan fingerprint density at radius 3 is 2.53 bits per heavy atom. The minimum Gasteiger partial charge on any atom is -0.319 e. The SMILES string of the molecule is Cc1cc(C)c(C(N)c2csc(C)n2)c(F)c1. The van der Waals surface area contributed by atoms with Gasteiger partial charge in [0, 0.05) is 10.9 Å². The average molecular weight is 250 g/mol. The third-order valence-electron chi connectivity index (χ3n) is 2.75. The molecular weight excluding hydrogens is 235 g/mol. The molecule has 0 saturated heterocycles. The molecule has 0 fully saturated rings. The molecule has 1 unspecified atom stereocenters. The van der Waals surface area contributed by atoms with Crippen molar-refractivity contribution in [2.75, 3.05) is 0 Å². The number of nitrogens with two attached hydrogens (primary N) is 1. The molecule has 90 valence electrons. The van der Waals surface area contributed by atoms with Gasteiger partial charge in [-0.15, -0.1) is 11.3 Å². The Labute approximate surface area is 104 Å². The minimum atomic E-state index is -0.486. The van der Waals surface area contributed by atoms with Crippen LogP contribution in [0.15, 0.2) is 17.5 Å². The number of thiazole rings is 1. The third kappa shape index (κ3) is 2.37. The lowest BCUT2D eigenvalue weighted by Gasteiger charge is -2.14. The summed E-state index contributed by atoms with van der Waals surface area (Å²) in [7, 11) is 0. The molecular formula is C13H15FN2S. The van der Waals surface area contributed by atoms with Gasteiger partial charge in [0.2, 0.25) is 0 Å². The average Bonchev–Trinajstić information content (AvgIpc) is 2.63. The Bertz CT molecular complexity index is 525. The normalized spacial score (nSPS) is 12.8. The van der Waals surface area contributed by atoms with Crippen molar-refractivity contribution in [3.63, 3.8) is 0 Å². The van der Waals surface area contributed by atoms with Crippen LogP contribution in [0.2, 0.25) is 0 Å². The zero-order chi connectivity index (χ0) is 12.6. The molecule has 0 saturated carbocycles. The van der Waals surface area contributed by atoms with Gasteiger partial charge in [0.15, 0.2) is 0 Å². The molecule has 2 nitrogen and oxygen atoms in total. The quantitative estimate of drug-likeness (QED) is 0.888. The molecule has 0 amide bonds. The highest BCUT2D eigenvalue weighted by Gasteiger charge is 2.18. The van der Waals surface area contributed by atoms with Crippen LogP contribution in [0.4, 0.5) is 4.39 Å². The van der Waals surface area contributed by atoms with Crippen molar-refractivity contribution in [1.82, 2.24) is 4.98 Å². The van der Waals surface area contributed by atoms with Crippen molar-refractivity contribution in [3.8, 4) is 0 Å². The summed E-state index contributed by atoms with van der Waals surface area (Å²) in [5, 5.41) is 2.83. The Hall–Kier alpha value is -1.26. The summed E-state index contributed by atoms with van der Waals surface area (Å²) in [5.41, 5.74) is 9.15. The van der Waals surface area contributed by atoms with Crippen LogP contribution < -0.4 is 5.73 Å². The van der Waals surface area contributed by atoms with Crippen molar-refractivity contribution in [1.29, 1.82) is 0 Å². The zero-order valence-corrected chi connectivity index (χ0v) is 10.9. The second-order valence-electron chi connectivity index (χ2n) is 4.25. The molecule has 1 aromatic heterocycles. The monoisotopic (exact) mass is 250 g/mol. The number of benzene rings is 1. The maximum absolute atomic E-state index is 13.9. The van der Waals surface area contributed by atoms with Gasteiger partial charge in [0.05, 0.1) is 16.7 Å².